The number of aliphatic hydroxyl groups excluding tert-OH is 6. The van der Waals surface area contributed by atoms with Crippen molar-refractivity contribution in [1.82, 2.24) is 0 Å². The minimum Gasteiger partial charge on any atom is -0.394 e. The first-order valence-electron chi connectivity index (χ1n) is 4.02. The van der Waals surface area contributed by atoms with Crippen molar-refractivity contribution in [3.8, 4) is 0 Å². The van der Waals surface area contributed by atoms with Gasteiger partial charge in [0.15, 0.2) is 0 Å². The lowest BCUT2D eigenvalue weighted by Crippen LogP contribution is -2.49. The summed E-state index contributed by atoms with van der Waals surface area (Å²) in [7, 11) is 0. The van der Waals surface area contributed by atoms with Gasteiger partial charge in [0.1, 0.15) is 30.5 Å². The van der Waals surface area contributed by atoms with Crippen LogP contribution in [0.1, 0.15) is 0 Å². The van der Waals surface area contributed by atoms with Crippen LogP contribution in [-0.4, -0.2) is 67.8 Å². The molecule has 14 heavy (non-hydrogen) atoms. The molecule has 1 radical (unpaired) electrons. The van der Waals surface area contributed by atoms with E-state index < -0.39 is 37.1 Å². The van der Waals surface area contributed by atoms with Gasteiger partial charge in [-0.1, -0.05) is 12.7 Å². The Balaban J connectivity index is 4.29. The van der Waals surface area contributed by atoms with Crippen LogP contribution in [0, 0.1) is 6.58 Å². The molecule has 0 aromatic carbocycles. The predicted octanol–water partition coefficient (Wildman–Crippen LogP) is -3.23. The van der Waals surface area contributed by atoms with Crippen molar-refractivity contribution in [3.05, 3.63) is 12.7 Å². The number of rotatable bonds is 6. The van der Waals surface area contributed by atoms with E-state index in [-0.39, 0.29) is 0 Å². The lowest BCUT2D eigenvalue weighted by molar-refractivity contribution is -0.133. The third-order valence-corrected chi connectivity index (χ3v) is 1.83. The third kappa shape index (κ3) is 3.33. The molecule has 83 valence electrons. The van der Waals surface area contributed by atoms with Crippen molar-refractivity contribution in [2.45, 2.75) is 30.5 Å². The van der Waals surface area contributed by atoms with Gasteiger partial charge in [0, 0.05) is 0 Å². The predicted molar refractivity (Wildman–Crippen MR) is 46.0 cm³/mol. The van der Waals surface area contributed by atoms with Gasteiger partial charge in [-0.15, -0.1) is 0 Å². The average Bonchev–Trinajstić information content (AvgIpc) is 2.23. The molecule has 0 aliphatic carbocycles. The number of hydrogen-bond donors (Lipinski definition) is 6. The molecule has 6 N–H and O–H groups in total. The summed E-state index contributed by atoms with van der Waals surface area (Å²) in [5.74, 6) is 0. The summed E-state index contributed by atoms with van der Waals surface area (Å²) in [6.07, 6.45) is -7.67. The SMILES string of the molecule is [CH]=CC(O)[C@H](O)[C@@H](O)[C@H](O)[C@H](O)CO. The Bertz CT molecular complexity index is 173. The van der Waals surface area contributed by atoms with E-state index in [0.717, 1.165) is 6.08 Å². The van der Waals surface area contributed by atoms with Crippen LogP contribution in [-0.2, 0) is 0 Å². The average molecular weight is 207 g/mol. The van der Waals surface area contributed by atoms with Crippen LogP contribution in [0.5, 0.6) is 0 Å². The maximum absolute atomic E-state index is 9.18. The Morgan fingerprint density at radius 2 is 1.43 bits per heavy atom. The van der Waals surface area contributed by atoms with Crippen LogP contribution in [0.25, 0.3) is 0 Å². The van der Waals surface area contributed by atoms with Crippen LogP contribution in [0.2, 0.25) is 0 Å². The highest BCUT2D eigenvalue weighted by Gasteiger charge is 2.32. The fourth-order valence-electron chi connectivity index (χ4n) is 0.853. The Morgan fingerprint density at radius 3 is 1.79 bits per heavy atom. The maximum Gasteiger partial charge on any atom is 0.112 e. The summed E-state index contributed by atoms with van der Waals surface area (Å²) in [4.78, 5) is 0. The second-order valence-electron chi connectivity index (χ2n) is 2.90. The number of aliphatic hydroxyl groups is 6. The molecule has 1 unspecified atom stereocenters. The normalized spacial score (nSPS) is 22.1. The summed E-state index contributed by atoms with van der Waals surface area (Å²) in [6.45, 7) is 4.11. The van der Waals surface area contributed by atoms with Gasteiger partial charge in [0.05, 0.1) is 6.61 Å². The van der Waals surface area contributed by atoms with E-state index in [4.69, 9.17) is 32.1 Å². The molecule has 0 aromatic heterocycles. The van der Waals surface area contributed by atoms with Gasteiger partial charge in [-0.2, -0.15) is 0 Å². The second kappa shape index (κ2) is 6.07. The highest BCUT2D eigenvalue weighted by molar-refractivity contribution is 4.90. The van der Waals surface area contributed by atoms with Gasteiger partial charge in [0.25, 0.3) is 0 Å². The van der Waals surface area contributed by atoms with Crippen LogP contribution >= 0.6 is 0 Å². The molecule has 0 aromatic rings. The van der Waals surface area contributed by atoms with Crippen molar-refractivity contribution in [3.63, 3.8) is 0 Å². The van der Waals surface area contributed by atoms with Gasteiger partial charge < -0.3 is 30.6 Å². The van der Waals surface area contributed by atoms with E-state index in [1.807, 2.05) is 0 Å². The Kier molecular flexibility index (Phi) is 5.86. The first kappa shape index (κ1) is 13.5. The van der Waals surface area contributed by atoms with Crippen LogP contribution in [0.15, 0.2) is 6.08 Å². The summed E-state index contributed by atoms with van der Waals surface area (Å²) in [5.41, 5.74) is 0. The van der Waals surface area contributed by atoms with E-state index in [9.17, 15) is 5.11 Å². The fraction of sp³-hybridized carbons (Fsp3) is 0.750. The van der Waals surface area contributed by atoms with Crippen molar-refractivity contribution < 1.29 is 30.6 Å². The van der Waals surface area contributed by atoms with Crippen molar-refractivity contribution in [2.24, 2.45) is 0 Å². The number of hydrogen-bond acceptors (Lipinski definition) is 6. The van der Waals surface area contributed by atoms with Crippen LogP contribution < -0.4 is 0 Å². The van der Waals surface area contributed by atoms with Crippen molar-refractivity contribution in [1.29, 1.82) is 0 Å². The van der Waals surface area contributed by atoms with E-state index in [0.29, 0.717) is 0 Å². The monoisotopic (exact) mass is 207 g/mol. The lowest BCUT2D eigenvalue weighted by Gasteiger charge is -2.27. The van der Waals surface area contributed by atoms with Crippen LogP contribution in [0.3, 0.4) is 0 Å². The zero-order chi connectivity index (χ0) is 11.3. The van der Waals surface area contributed by atoms with Crippen molar-refractivity contribution >= 4 is 0 Å². The van der Waals surface area contributed by atoms with Crippen molar-refractivity contribution in [2.75, 3.05) is 6.61 Å². The molecule has 6 heteroatoms. The fourth-order valence-corrected chi connectivity index (χ4v) is 0.853. The van der Waals surface area contributed by atoms with Gasteiger partial charge in [-0.25, -0.2) is 0 Å². The smallest absolute Gasteiger partial charge is 0.112 e. The Hall–Kier alpha value is -0.500. The Morgan fingerprint density at radius 1 is 0.929 bits per heavy atom. The summed E-state index contributed by atoms with van der Waals surface area (Å²) in [6, 6.07) is 0. The van der Waals surface area contributed by atoms with Gasteiger partial charge in [0.2, 0.25) is 0 Å². The standard InChI is InChI=1S/C8H15O6/c1-2-4(10)6(12)8(14)7(13)5(11)3-9/h1-2,4-14H,3H2/t4?,5-,6+,7-,8-/m1/s1. The molecule has 0 spiro atoms. The molecular weight excluding hydrogens is 192 g/mol. The van der Waals surface area contributed by atoms with Gasteiger partial charge in [-0.05, 0) is 0 Å². The highest BCUT2D eigenvalue weighted by Crippen LogP contribution is 2.08. The van der Waals surface area contributed by atoms with E-state index >= 15 is 0 Å². The first-order valence-corrected chi connectivity index (χ1v) is 4.02. The zero-order valence-corrected chi connectivity index (χ0v) is 7.43. The van der Waals surface area contributed by atoms with Gasteiger partial charge >= 0.3 is 0 Å². The summed E-state index contributed by atoms with van der Waals surface area (Å²) < 4.78 is 0. The molecule has 0 rings (SSSR count). The summed E-state index contributed by atoms with van der Waals surface area (Å²) in [5, 5.41) is 53.7. The van der Waals surface area contributed by atoms with E-state index in [1.165, 1.54) is 0 Å². The van der Waals surface area contributed by atoms with E-state index in [1.54, 1.807) is 0 Å². The molecule has 0 aliphatic rings. The molecule has 0 aliphatic heterocycles. The second-order valence-corrected chi connectivity index (χ2v) is 2.90. The van der Waals surface area contributed by atoms with E-state index in [2.05, 4.69) is 0 Å². The molecule has 5 atom stereocenters. The molecule has 6 nitrogen and oxygen atoms in total. The molecule has 0 saturated carbocycles. The third-order valence-electron chi connectivity index (χ3n) is 1.83. The van der Waals surface area contributed by atoms with Crippen LogP contribution in [0.4, 0.5) is 0 Å². The molecule has 0 fully saturated rings. The zero-order valence-electron chi connectivity index (χ0n) is 7.43. The molecule has 0 saturated heterocycles. The largest absolute Gasteiger partial charge is 0.394 e. The molecule has 0 amide bonds. The summed E-state index contributed by atoms with van der Waals surface area (Å²) >= 11 is 0. The first-order chi connectivity index (χ1) is 6.45. The Labute approximate surface area is 81.4 Å². The molecule has 0 bridgehead atoms. The van der Waals surface area contributed by atoms with Gasteiger partial charge in [-0.3, -0.25) is 0 Å². The highest BCUT2D eigenvalue weighted by atomic mass is 16.4. The minimum atomic E-state index is -1.80. The quantitative estimate of drug-likeness (QED) is 0.272. The topological polar surface area (TPSA) is 121 Å². The maximum atomic E-state index is 9.18. The molecular formula is C8H15O6. The minimum absolute atomic E-state index is 0.728. The molecule has 0 heterocycles. The lowest BCUT2D eigenvalue weighted by atomic mass is 9.99.